The summed E-state index contributed by atoms with van der Waals surface area (Å²) in [5, 5.41) is 3.27. The second-order valence-electron chi connectivity index (χ2n) is 2.96. The molecule has 1 heterocycles. The third-order valence-electron chi connectivity index (χ3n) is 2.21. The number of benzene rings is 1. The van der Waals surface area contributed by atoms with Gasteiger partial charge in [-0.3, -0.25) is 0 Å². The van der Waals surface area contributed by atoms with E-state index >= 15 is 0 Å². The van der Waals surface area contributed by atoms with Crippen LogP contribution in [-0.2, 0) is 0 Å². The fourth-order valence-electron chi connectivity index (χ4n) is 1.43. The van der Waals surface area contributed by atoms with Gasteiger partial charge in [-0.1, -0.05) is 0 Å². The highest BCUT2D eigenvalue weighted by Gasteiger charge is 2.08. The first-order valence-corrected chi connectivity index (χ1v) is 4.92. The van der Waals surface area contributed by atoms with Crippen LogP contribution < -0.4 is 10.5 Å². The Morgan fingerprint density at radius 3 is 2.92 bits per heavy atom. The number of aryl methyl sites for hydroxylation is 1. The highest BCUT2D eigenvalue weighted by Crippen LogP contribution is 2.35. The minimum atomic E-state index is 0.748. The van der Waals surface area contributed by atoms with Gasteiger partial charge in [-0.2, -0.15) is 0 Å². The molecule has 0 aliphatic rings. The van der Waals surface area contributed by atoms with Crippen molar-refractivity contribution in [2.75, 3.05) is 12.8 Å². The Hall–Kier alpha value is -1.22. The van der Waals surface area contributed by atoms with Crippen LogP contribution >= 0.6 is 11.3 Å². The molecule has 0 bridgehead atoms. The first-order valence-electron chi connectivity index (χ1n) is 4.04. The first kappa shape index (κ1) is 8.38. The third-order valence-corrected chi connectivity index (χ3v) is 3.26. The molecule has 1 aromatic carbocycles. The van der Waals surface area contributed by atoms with Crippen molar-refractivity contribution in [3.05, 3.63) is 23.1 Å². The van der Waals surface area contributed by atoms with E-state index < -0.39 is 0 Å². The Balaban J connectivity index is 2.83. The van der Waals surface area contributed by atoms with Crippen LogP contribution in [0.5, 0.6) is 5.75 Å². The molecule has 0 spiro atoms. The van der Waals surface area contributed by atoms with E-state index in [2.05, 4.69) is 11.4 Å². The van der Waals surface area contributed by atoms with Gasteiger partial charge in [0.2, 0.25) is 0 Å². The van der Waals surface area contributed by atoms with Gasteiger partial charge in [0, 0.05) is 4.70 Å². The standard InChI is InChI=1S/C10H11NOS/c1-6-9(11)8(12-2)5-7-3-4-13-10(6)7/h3-5H,11H2,1-2H3. The van der Waals surface area contributed by atoms with Gasteiger partial charge in [-0.05, 0) is 35.4 Å². The number of hydrogen-bond donors (Lipinski definition) is 1. The first-order chi connectivity index (χ1) is 6.24. The number of ether oxygens (including phenoxy) is 1. The molecule has 13 heavy (non-hydrogen) atoms. The highest BCUT2D eigenvalue weighted by atomic mass is 32.1. The fraction of sp³-hybridized carbons (Fsp3) is 0.200. The predicted molar refractivity (Wildman–Crippen MR) is 57.5 cm³/mol. The lowest BCUT2D eigenvalue weighted by molar-refractivity contribution is 0.417. The van der Waals surface area contributed by atoms with Gasteiger partial charge in [-0.25, -0.2) is 0 Å². The van der Waals surface area contributed by atoms with Gasteiger partial charge in [0.25, 0.3) is 0 Å². The average Bonchev–Trinajstić information content (AvgIpc) is 2.59. The fourth-order valence-corrected chi connectivity index (χ4v) is 2.33. The van der Waals surface area contributed by atoms with Crippen LogP contribution in [0.4, 0.5) is 5.69 Å². The van der Waals surface area contributed by atoms with Gasteiger partial charge < -0.3 is 10.5 Å². The molecule has 0 aliphatic carbocycles. The molecule has 2 rings (SSSR count). The second-order valence-corrected chi connectivity index (χ2v) is 3.87. The molecule has 2 aromatic rings. The molecule has 0 saturated carbocycles. The van der Waals surface area contributed by atoms with Crippen LogP contribution in [0, 0.1) is 6.92 Å². The van der Waals surface area contributed by atoms with Gasteiger partial charge in [0.1, 0.15) is 5.75 Å². The smallest absolute Gasteiger partial charge is 0.142 e. The number of rotatable bonds is 1. The van der Waals surface area contributed by atoms with Gasteiger partial charge >= 0.3 is 0 Å². The van der Waals surface area contributed by atoms with Gasteiger partial charge in [0.15, 0.2) is 0 Å². The molecule has 0 amide bonds. The van der Waals surface area contributed by atoms with E-state index in [1.807, 2.05) is 13.0 Å². The molecule has 0 fully saturated rings. The molecular weight excluding hydrogens is 182 g/mol. The summed E-state index contributed by atoms with van der Waals surface area (Å²) in [7, 11) is 1.64. The van der Waals surface area contributed by atoms with Crippen molar-refractivity contribution in [3.8, 4) is 5.75 Å². The van der Waals surface area contributed by atoms with E-state index in [1.54, 1.807) is 18.4 Å². The monoisotopic (exact) mass is 193 g/mol. The Morgan fingerprint density at radius 2 is 2.23 bits per heavy atom. The van der Waals surface area contributed by atoms with Crippen LogP contribution in [0.15, 0.2) is 17.5 Å². The summed E-state index contributed by atoms with van der Waals surface area (Å²) in [5.41, 5.74) is 7.76. The van der Waals surface area contributed by atoms with E-state index in [-0.39, 0.29) is 0 Å². The van der Waals surface area contributed by atoms with Crippen LogP contribution in [0.2, 0.25) is 0 Å². The number of anilines is 1. The molecule has 0 atom stereocenters. The lowest BCUT2D eigenvalue weighted by atomic mass is 10.1. The summed E-state index contributed by atoms with van der Waals surface area (Å²) < 4.78 is 6.43. The van der Waals surface area contributed by atoms with Crippen molar-refractivity contribution in [1.29, 1.82) is 0 Å². The number of hydrogen-bond acceptors (Lipinski definition) is 3. The van der Waals surface area contributed by atoms with Crippen molar-refractivity contribution >= 4 is 27.1 Å². The van der Waals surface area contributed by atoms with Crippen molar-refractivity contribution in [1.82, 2.24) is 0 Å². The Labute approximate surface area is 80.9 Å². The van der Waals surface area contributed by atoms with Crippen LogP contribution in [-0.4, -0.2) is 7.11 Å². The second kappa shape index (κ2) is 2.92. The van der Waals surface area contributed by atoms with Crippen LogP contribution in [0.25, 0.3) is 10.1 Å². The number of fused-ring (bicyclic) bond motifs is 1. The summed E-state index contributed by atoms with van der Waals surface area (Å²) in [6.07, 6.45) is 0. The molecule has 1 aromatic heterocycles. The molecule has 0 aliphatic heterocycles. The van der Waals surface area contributed by atoms with Gasteiger partial charge in [0.05, 0.1) is 12.8 Å². The minimum Gasteiger partial charge on any atom is -0.495 e. The molecule has 0 saturated heterocycles. The van der Waals surface area contributed by atoms with E-state index in [4.69, 9.17) is 10.5 Å². The van der Waals surface area contributed by atoms with E-state index in [9.17, 15) is 0 Å². The quantitative estimate of drug-likeness (QED) is 0.707. The average molecular weight is 193 g/mol. The number of thiophene rings is 1. The van der Waals surface area contributed by atoms with E-state index in [0.29, 0.717) is 0 Å². The van der Waals surface area contributed by atoms with Crippen molar-refractivity contribution in [3.63, 3.8) is 0 Å². The molecule has 2 nitrogen and oxygen atoms in total. The zero-order valence-electron chi connectivity index (χ0n) is 7.63. The molecule has 68 valence electrons. The molecule has 3 heteroatoms. The Morgan fingerprint density at radius 1 is 1.46 bits per heavy atom. The van der Waals surface area contributed by atoms with Crippen molar-refractivity contribution in [2.45, 2.75) is 6.92 Å². The normalized spacial score (nSPS) is 10.6. The zero-order chi connectivity index (χ0) is 9.42. The number of nitrogens with two attached hydrogens (primary N) is 1. The van der Waals surface area contributed by atoms with Crippen molar-refractivity contribution in [2.24, 2.45) is 0 Å². The molecule has 0 radical (unpaired) electrons. The number of nitrogen functional groups attached to an aromatic ring is 1. The van der Waals surface area contributed by atoms with Gasteiger partial charge in [-0.15, -0.1) is 11.3 Å². The maximum absolute atomic E-state index is 5.90. The van der Waals surface area contributed by atoms with Crippen LogP contribution in [0.1, 0.15) is 5.56 Å². The maximum Gasteiger partial charge on any atom is 0.142 e. The molecule has 0 unspecified atom stereocenters. The lowest BCUT2D eigenvalue weighted by Crippen LogP contribution is -1.94. The number of methoxy groups -OCH3 is 1. The summed E-state index contributed by atoms with van der Waals surface area (Å²) in [6, 6.07) is 4.06. The zero-order valence-corrected chi connectivity index (χ0v) is 8.44. The van der Waals surface area contributed by atoms with Crippen LogP contribution in [0.3, 0.4) is 0 Å². The summed E-state index contributed by atoms with van der Waals surface area (Å²) in [4.78, 5) is 0. The van der Waals surface area contributed by atoms with E-state index in [1.165, 1.54) is 10.1 Å². The maximum atomic E-state index is 5.90. The molecular formula is C10H11NOS. The SMILES string of the molecule is COc1cc2ccsc2c(C)c1N. The lowest BCUT2D eigenvalue weighted by Gasteiger charge is -2.07. The largest absolute Gasteiger partial charge is 0.495 e. The summed E-state index contributed by atoms with van der Waals surface area (Å²) in [5.74, 6) is 0.767. The summed E-state index contributed by atoms with van der Waals surface area (Å²) in [6.45, 7) is 2.02. The Kier molecular flexibility index (Phi) is 1.88. The summed E-state index contributed by atoms with van der Waals surface area (Å²) >= 11 is 1.71. The molecule has 2 N–H and O–H groups in total. The predicted octanol–water partition coefficient (Wildman–Crippen LogP) is 2.80. The van der Waals surface area contributed by atoms with Crippen molar-refractivity contribution < 1.29 is 4.74 Å². The Bertz CT molecular complexity index is 447. The van der Waals surface area contributed by atoms with E-state index in [0.717, 1.165) is 17.0 Å². The minimum absolute atomic E-state index is 0.748. The third kappa shape index (κ3) is 1.16. The topological polar surface area (TPSA) is 35.2 Å². The highest BCUT2D eigenvalue weighted by molar-refractivity contribution is 7.17.